The van der Waals surface area contributed by atoms with E-state index in [-0.39, 0.29) is 12.3 Å². The summed E-state index contributed by atoms with van der Waals surface area (Å²) in [6.07, 6.45) is 0.250. The number of rotatable bonds is 9. The van der Waals surface area contributed by atoms with Gasteiger partial charge in [0.1, 0.15) is 6.10 Å². The fourth-order valence-corrected chi connectivity index (χ4v) is 2.26. The molecule has 1 saturated heterocycles. The van der Waals surface area contributed by atoms with E-state index in [1.807, 2.05) is 6.92 Å². The fourth-order valence-electron chi connectivity index (χ4n) is 2.26. The lowest BCUT2D eigenvalue weighted by Gasteiger charge is -2.37. The highest BCUT2D eigenvalue weighted by Crippen LogP contribution is 2.24. The average molecular weight is 303 g/mol. The molecule has 1 heterocycles. The molecular weight excluding hydrogens is 278 g/mol. The number of carbonyl (C=O) groups is 2. The molecule has 1 aliphatic rings. The second kappa shape index (κ2) is 8.96. The van der Waals surface area contributed by atoms with Crippen LogP contribution in [0.2, 0.25) is 0 Å². The summed E-state index contributed by atoms with van der Waals surface area (Å²) in [6, 6.07) is 0. The van der Waals surface area contributed by atoms with E-state index >= 15 is 0 Å². The zero-order valence-corrected chi connectivity index (χ0v) is 12.7. The smallest absolute Gasteiger partial charge is 0.305 e. The molecule has 1 amide bonds. The average Bonchev–Trinajstić information content (AvgIpc) is 2.43. The Kier molecular flexibility index (Phi) is 7.63. The summed E-state index contributed by atoms with van der Waals surface area (Å²) in [6.45, 7) is 5.80. The Morgan fingerprint density at radius 1 is 1.33 bits per heavy atom. The largest absolute Gasteiger partial charge is 0.481 e. The van der Waals surface area contributed by atoms with Crippen molar-refractivity contribution in [1.29, 1.82) is 0 Å². The lowest BCUT2D eigenvalue weighted by Crippen LogP contribution is -2.55. The third kappa shape index (κ3) is 6.41. The summed E-state index contributed by atoms with van der Waals surface area (Å²) < 4.78 is 15.8. The van der Waals surface area contributed by atoms with E-state index in [9.17, 15) is 9.59 Å². The SMILES string of the molecule is CCOCCOC(C)C(=O)NC1(CC(=O)O)CCOCC1. The van der Waals surface area contributed by atoms with E-state index in [0.29, 0.717) is 45.9 Å². The number of ether oxygens (including phenoxy) is 3. The summed E-state index contributed by atoms with van der Waals surface area (Å²) in [5, 5.41) is 11.9. The van der Waals surface area contributed by atoms with Crippen LogP contribution in [0.4, 0.5) is 0 Å². The summed E-state index contributed by atoms with van der Waals surface area (Å²) in [5.74, 6) is -1.23. The van der Waals surface area contributed by atoms with Crippen LogP contribution in [0, 0.1) is 0 Å². The minimum Gasteiger partial charge on any atom is -0.481 e. The minimum absolute atomic E-state index is 0.103. The van der Waals surface area contributed by atoms with Crippen LogP contribution in [0.1, 0.15) is 33.1 Å². The second-order valence-electron chi connectivity index (χ2n) is 5.16. The zero-order chi connectivity index (χ0) is 15.7. The standard InChI is InChI=1S/C14H25NO6/c1-3-19-8-9-21-11(2)13(18)15-14(10-12(16)17)4-6-20-7-5-14/h11H,3-10H2,1-2H3,(H,15,18)(H,16,17). The molecule has 1 aliphatic heterocycles. The number of aliphatic carboxylic acids is 1. The van der Waals surface area contributed by atoms with Gasteiger partial charge in [-0.3, -0.25) is 9.59 Å². The van der Waals surface area contributed by atoms with Crippen LogP contribution in [-0.2, 0) is 23.8 Å². The molecule has 1 rings (SSSR count). The Morgan fingerprint density at radius 2 is 2.00 bits per heavy atom. The molecule has 0 spiro atoms. The molecule has 1 unspecified atom stereocenters. The van der Waals surface area contributed by atoms with Crippen molar-refractivity contribution in [2.75, 3.05) is 33.0 Å². The van der Waals surface area contributed by atoms with Gasteiger partial charge < -0.3 is 24.6 Å². The summed E-state index contributed by atoms with van der Waals surface area (Å²) in [4.78, 5) is 23.2. The molecule has 0 aromatic rings. The first-order valence-electron chi connectivity index (χ1n) is 7.30. The second-order valence-corrected chi connectivity index (χ2v) is 5.16. The molecule has 2 N–H and O–H groups in total. The maximum Gasteiger partial charge on any atom is 0.305 e. The van der Waals surface area contributed by atoms with Crippen LogP contribution in [0.5, 0.6) is 0 Å². The number of hydrogen-bond acceptors (Lipinski definition) is 5. The molecule has 0 bridgehead atoms. The van der Waals surface area contributed by atoms with Crippen LogP contribution in [-0.4, -0.2) is 61.7 Å². The molecule has 21 heavy (non-hydrogen) atoms. The van der Waals surface area contributed by atoms with Gasteiger partial charge in [-0.1, -0.05) is 0 Å². The van der Waals surface area contributed by atoms with Gasteiger partial charge >= 0.3 is 5.97 Å². The first kappa shape index (κ1) is 17.9. The third-order valence-corrected chi connectivity index (χ3v) is 3.50. The van der Waals surface area contributed by atoms with Crippen molar-refractivity contribution in [3.63, 3.8) is 0 Å². The molecule has 122 valence electrons. The quantitative estimate of drug-likeness (QED) is 0.605. The Hall–Kier alpha value is -1.18. The number of carboxylic acids is 1. The number of carbonyl (C=O) groups excluding carboxylic acids is 1. The first-order chi connectivity index (χ1) is 9.99. The zero-order valence-electron chi connectivity index (χ0n) is 12.7. The normalized spacial score (nSPS) is 19.0. The predicted octanol–water partition coefficient (Wildman–Crippen LogP) is 0.568. The molecule has 1 atom stereocenters. The number of hydrogen-bond donors (Lipinski definition) is 2. The van der Waals surface area contributed by atoms with Crippen LogP contribution < -0.4 is 5.32 Å². The van der Waals surface area contributed by atoms with Crippen molar-refractivity contribution >= 4 is 11.9 Å². The molecule has 0 saturated carbocycles. The Morgan fingerprint density at radius 3 is 2.57 bits per heavy atom. The third-order valence-electron chi connectivity index (χ3n) is 3.50. The van der Waals surface area contributed by atoms with Gasteiger partial charge in [0, 0.05) is 19.8 Å². The van der Waals surface area contributed by atoms with Crippen molar-refractivity contribution in [3.8, 4) is 0 Å². The van der Waals surface area contributed by atoms with Crippen LogP contribution in [0.15, 0.2) is 0 Å². The first-order valence-corrected chi connectivity index (χ1v) is 7.30. The minimum atomic E-state index is -0.929. The van der Waals surface area contributed by atoms with Crippen molar-refractivity contribution < 1.29 is 28.9 Å². The van der Waals surface area contributed by atoms with Crippen LogP contribution in [0.25, 0.3) is 0 Å². The summed E-state index contributed by atoms with van der Waals surface area (Å²) in [7, 11) is 0. The van der Waals surface area contributed by atoms with Gasteiger partial charge in [-0.25, -0.2) is 0 Å². The van der Waals surface area contributed by atoms with Gasteiger partial charge in [0.15, 0.2) is 0 Å². The van der Waals surface area contributed by atoms with Gasteiger partial charge in [0.2, 0.25) is 5.91 Å². The molecule has 7 nitrogen and oxygen atoms in total. The highest BCUT2D eigenvalue weighted by atomic mass is 16.5. The van der Waals surface area contributed by atoms with Crippen molar-refractivity contribution in [3.05, 3.63) is 0 Å². The van der Waals surface area contributed by atoms with E-state index < -0.39 is 17.6 Å². The van der Waals surface area contributed by atoms with Gasteiger partial charge in [0.25, 0.3) is 0 Å². The van der Waals surface area contributed by atoms with Gasteiger partial charge in [0.05, 0.1) is 25.2 Å². The summed E-state index contributed by atoms with van der Waals surface area (Å²) >= 11 is 0. The van der Waals surface area contributed by atoms with Crippen LogP contribution >= 0.6 is 0 Å². The van der Waals surface area contributed by atoms with Crippen molar-refractivity contribution in [2.24, 2.45) is 0 Å². The van der Waals surface area contributed by atoms with Gasteiger partial charge in [-0.15, -0.1) is 0 Å². The molecule has 0 aromatic heterocycles. The van der Waals surface area contributed by atoms with Crippen LogP contribution in [0.3, 0.4) is 0 Å². The molecule has 0 aromatic carbocycles. The van der Waals surface area contributed by atoms with E-state index in [0.717, 1.165) is 0 Å². The predicted molar refractivity (Wildman–Crippen MR) is 75.1 cm³/mol. The van der Waals surface area contributed by atoms with Gasteiger partial charge in [-0.2, -0.15) is 0 Å². The Labute approximate surface area is 124 Å². The molecule has 7 heteroatoms. The molecular formula is C14H25NO6. The number of carboxylic acid groups (broad SMARTS) is 1. The highest BCUT2D eigenvalue weighted by Gasteiger charge is 2.37. The van der Waals surface area contributed by atoms with E-state index in [1.165, 1.54) is 0 Å². The monoisotopic (exact) mass is 303 g/mol. The number of nitrogens with one attached hydrogen (secondary N) is 1. The summed E-state index contributed by atoms with van der Waals surface area (Å²) in [5.41, 5.74) is -0.737. The molecule has 0 aliphatic carbocycles. The van der Waals surface area contributed by atoms with Crippen molar-refractivity contribution in [1.82, 2.24) is 5.32 Å². The topological polar surface area (TPSA) is 94.1 Å². The van der Waals surface area contributed by atoms with E-state index in [1.54, 1.807) is 6.92 Å². The van der Waals surface area contributed by atoms with Gasteiger partial charge in [-0.05, 0) is 26.7 Å². The lowest BCUT2D eigenvalue weighted by atomic mass is 9.86. The number of amides is 1. The Bertz CT molecular complexity index is 340. The molecule has 1 fully saturated rings. The highest BCUT2D eigenvalue weighted by molar-refractivity contribution is 5.82. The maximum atomic E-state index is 12.2. The maximum absolute atomic E-state index is 12.2. The Balaban J connectivity index is 2.49. The fraction of sp³-hybridized carbons (Fsp3) is 0.857. The van der Waals surface area contributed by atoms with E-state index in [4.69, 9.17) is 19.3 Å². The van der Waals surface area contributed by atoms with E-state index in [2.05, 4.69) is 5.32 Å². The molecule has 0 radical (unpaired) electrons. The lowest BCUT2D eigenvalue weighted by molar-refractivity contribution is -0.142. The van der Waals surface area contributed by atoms with Crippen molar-refractivity contribution in [2.45, 2.75) is 44.8 Å².